The van der Waals surface area contributed by atoms with Crippen molar-refractivity contribution in [2.45, 2.75) is 18.6 Å². The Morgan fingerprint density at radius 2 is 1.90 bits per heavy atom. The number of ether oxygens (including phenoxy) is 2. The molecule has 1 aliphatic rings. The summed E-state index contributed by atoms with van der Waals surface area (Å²) in [4.78, 5) is 11.7. The Bertz CT molecular complexity index is 526. The molecule has 1 aromatic rings. The van der Waals surface area contributed by atoms with Crippen LogP contribution >= 0.6 is 0 Å². The van der Waals surface area contributed by atoms with E-state index in [4.69, 9.17) is 9.47 Å². The van der Waals surface area contributed by atoms with Crippen molar-refractivity contribution in [3.8, 4) is 11.5 Å². The van der Waals surface area contributed by atoms with Crippen LogP contribution < -0.4 is 14.9 Å². The minimum atomic E-state index is -4.54. The zero-order valence-electron chi connectivity index (χ0n) is 10.4. The number of carbonyl (C=O) groups is 1. The maximum Gasteiger partial charge on any atom is 0.431 e. The molecule has 1 N–H and O–H groups in total. The number of hydrogen-bond donors (Lipinski definition) is 1. The molecule has 0 radical (unpaired) electrons. The second-order valence-electron chi connectivity index (χ2n) is 4.04. The lowest BCUT2D eigenvalue weighted by Gasteiger charge is -2.10. The van der Waals surface area contributed by atoms with Crippen LogP contribution in [0.4, 0.5) is 13.2 Å². The smallest absolute Gasteiger partial charge is 0.431 e. The van der Waals surface area contributed by atoms with Crippen molar-refractivity contribution in [1.29, 1.82) is 0 Å². The van der Waals surface area contributed by atoms with Crippen molar-refractivity contribution < 1.29 is 27.4 Å². The molecular weight excluding hydrogens is 277 g/mol. The van der Waals surface area contributed by atoms with Crippen molar-refractivity contribution >= 4 is 11.7 Å². The van der Waals surface area contributed by atoms with Gasteiger partial charge in [0, 0.05) is 6.42 Å². The predicted molar refractivity (Wildman–Crippen MR) is 63.7 cm³/mol. The third-order valence-corrected chi connectivity index (χ3v) is 2.64. The third kappa shape index (κ3) is 3.19. The van der Waals surface area contributed by atoms with E-state index in [2.05, 4.69) is 10.5 Å². The highest BCUT2D eigenvalue weighted by Crippen LogP contribution is 2.24. The summed E-state index contributed by atoms with van der Waals surface area (Å²) in [5, 5.41) is 3.10. The van der Waals surface area contributed by atoms with Gasteiger partial charge in [-0.15, -0.1) is 0 Å². The third-order valence-electron chi connectivity index (χ3n) is 2.64. The Morgan fingerprint density at radius 1 is 1.30 bits per heavy atom. The van der Waals surface area contributed by atoms with Gasteiger partial charge in [-0.1, -0.05) is 0 Å². The minimum Gasteiger partial charge on any atom is -0.497 e. The zero-order chi connectivity index (χ0) is 14.8. The summed E-state index contributed by atoms with van der Waals surface area (Å²) < 4.78 is 47.0. The molecule has 108 valence electrons. The molecule has 1 heterocycles. The van der Waals surface area contributed by atoms with Gasteiger partial charge in [0.15, 0.2) is 0 Å². The highest BCUT2D eigenvalue weighted by molar-refractivity contribution is 5.96. The van der Waals surface area contributed by atoms with Crippen molar-refractivity contribution in [2.24, 2.45) is 5.10 Å². The summed E-state index contributed by atoms with van der Waals surface area (Å²) >= 11 is 0. The molecule has 0 fully saturated rings. The first kappa shape index (κ1) is 14.2. The van der Waals surface area contributed by atoms with Crippen LogP contribution in [0.1, 0.15) is 6.42 Å². The lowest BCUT2D eigenvalue weighted by Crippen LogP contribution is -2.34. The van der Waals surface area contributed by atoms with Crippen LogP contribution in [0.25, 0.3) is 0 Å². The minimum absolute atomic E-state index is 0.220. The van der Waals surface area contributed by atoms with Crippen LogP contribution in [0.5, 0.6) is 11.5 Å². The first-order valence-corrected chi connectivity index (χ1v) is 5.65. The molecule has 0 saturated heterocycles. The summed E-state index contributed by atoms with van der Waals surface area (Å²) in [7, 11) is 1.49. The number of methoxy groups -OCH3 is 1. The van der Waals surface area contributed by atoms with E-state index < -0.39 is 30.3 Å². The molecule has 8 heteroatoms. The molecule has 0 aliphatic carbocycles. The van der Waals surface area contributed by atoms with Crippen molar-refractivity contribution in [3.63, 3.8) is 0 Å². The SMILES string of the molecule is COc1ccc(OC(=O)C2CC(C(F)(F)F)=NN2)cc1. The standard InChI is InChI=1S/C12H11F3N2O3/c1-19-7-2-4-8(5-3-7)20-11(18)9-6-10(17-16-9)12(13,14)15/h2-5,9,16H,6H2,1H3. The quantitative estimate of drug-likeness (QED) is 0.681. The molecule has 20 heavy (non-hydrogen) atoms. The fourth-order valence-corrected chi connectivity index (χ4v) is 1.59. The number of benzene rings is 1. The monoisotopic (exact) mass is 288 g/mol. The van der Waals surface area contributed by atoms with Gasteiger partial charge in [-0.05, 0) is 24.3 Å². The van der Waals surface area contributed by atoms with E-state index in [1.807, 2.05) is 0 Å². The van der Waals surface area contributed by atoms with Gasteiger partial charge < -0.3 is 9.47 Å². The molecule has 1 unspecified atom stereocenters. The van der Waals surface area contributed by atoms with Crippen LogP contribution in [-0.4, -0.2) is 31.0 Å². The van der Waals surface area contributed by atoms with E-state index in [9.17, 15) is 18.0 Å². The van der Waals surface area contributed by atoms with Gasteiger partial charge in [0.2, 0.25) is 0 Å². The number of carbonyl (C=O) groups excluding carboxylic acids is 1. The molecule has 1 aromatic carbocycles. The summed E-state index contributed by atoms with van der Waals surface area (Å²) in [6, 6.07) is 4.98. The number of rotatable bonds is 3. The second-order valence-corrected chi connectivity index (χ2v) is 4.04. The first-order chi connectivity index (χ1) is 9.40. The molecule has 0 spiro atoms. The first-order valence-electron chi connectivity index (χ1n) is 5.65. The van der Waals surface area contributed by atoms with Gasteiger partial charge in [-0.2, -0.15) is 18.3 Å². The average Bonchev–Trinajstić information content (AvgIpc) is 2.89. The molecule has 0 aromatic heterocycles. The number of nitrogens with zero attached hydrogens (tertiary/aromatic N) is 1. The molecule has 0 bridgehead atoms. The average molecular weight is 288 g/mol. The predicted octanol–water partition coefficient (Wildman–Crippen LogP) is 1.88. The van der Waals surface area contributed by atoms with E-state index in [1.54, 1.807) is 12.1 Å². The number of hydrogen-bond acceptors (Lipinski definition) is 5. The van der Waals surface area contributed by atoms with E-state index in [0.29, 0.717) is 5.75 Å². The number of alkyl halides is 3. The molecule has 0 amide bonds. The van der Waals surface area contributed by atoms with Gasteiger partial charge in [0.1, 0.15) is 23.3 Å². The zero-order valence-corrected chi connectivity index (χ0v) is 10.4. The Labute approximate surface area is 112 Å². The highest BCUT2D eigenvalue weighted by Gasteiger charge is 2.42. The number of esters is 1. The molecule has 0 saturated carbocycles. The summed E-state index contributed by atoms with van der Waals surface area (Å²) in [6.45, 7) is 0. The highest BCUT2D eigenvalue weighted by atomic mass is 19.4. The fraction of sp³-hybridized carbons (Fsp3) is 0.333. The van der Waals surface area contributed by atoms with Gasteiger partial charge in [0.05, 0.1) is 7.11 Å². The van der Waals surface area contributed by atoms with E-state index in [1.165, 1.54) is 19.2 Å². The van der Waals surface area contributed by atoms with Crippen LogP contribution in [0.15, 0.2) is 29.4 Å². The number of nitrogens with one attached hydrogen (secondary N) is 1. The molecule has 1 atom stereocenters. The van der Waals surface area contributed by atoms with E-state index in [0.717, 1.165) is 0 Å². The number of hydrazone groups is 1. The summed E-state index contributed by atoms with van der Waals surface area (Å²) in [5.74, 6) is -0.0253. The second kappa shape index (κ2) is 5.40. The van der Waals surface area contributed by atoms with Gasteiger partial charge in [-0.25, -0.2) is 4.79 Å². The van der Waals surface area contributed by atoms with Crippen molar-refractivity contribution in [2.75, 3.05) is 7.11 Å². The van der Waals surface area contributed by atoms with Crippen molar-refractivity contribution in [3.05, 3.63) is 24.3 Å². The Morgan fingerprint density at radius 3 is 2.40 bits per heavy atom. The topological polar surface area (TPSA) is 59.9 Å². The maximum absolute atomic E-state index is 12.4. The largest absolute Gasteiger partial charge is 0.497 e. The van der Waals surface area contributed by atoms with E-state index in [-0.39, 0.29) is 5.75 Å². The van der Waals surface area contributed by atoms with Crippen molar-refractivity contribution in [1.82, 2.24) is 5.43 Å². The lowest BCUT2D eigenvalue weighted by atomic mass is 10.1. The van der Waals surface area contributed by atoms with E-state index >= 15 is 0 Å². The Kier molecular flexibility index (Phi) is 3.82. The molecule has 5 nitrogen and oxygen atoms in total. The molecular formula is C12H11F3N2O3. The lowest BCUT2D eigenvalue weighted by molar-refractivity contribution is -0.136. The maximum atomic E-state index is 12.4. The Balaban J connectivity index is 1.93. The van der Waals surface area contributed by atoms with Crippen LogP contribution in [0.2, 0.25) is 0 Å². The Hall–Kier alpha value is -2.25. The van der Waals surface area contributed by atoms with Gasteiger partial charge in [0.25, 0.3) is 0 Å². The summed E-state index contributed by atoms with van der Waals surface area (Å²) in [6.07, 6.45) is -5.08. The molecule has 2 rings (SSSR count). The number of halogens is 3. The van der Waals surface area contributed by atoms with Gasteiger partial charge >= 0.3 is 12.1 Å². The normalized spacial score (nSPS) is 18.2. The van der Waals surface area contributed by atoms with Crippen LogP contribution in [0.3, 0.4) is 0 Å². The molecule has 1 aliphatic heterocycles. The fourth-order valence-electron chi connectivity index (χ4n) is 1.59. The van der Waals surface area contributed by atoms with Crippen LogP contribution in [0, 0.1) is 0 Å². The summed E-state index contributed by atoms with van der Waals surface area (Å²) in [5.41, 5.74) is 1.11. The van der Waals surface area contributed by atoms with Gasteiger partial charge in [-0.3, -0.25) is 5.43 Å². The van der Waals surface area contributed by atoms with Crippen LogP contribution in [-0.2, 0) is 4.79 Å².